The molecule has 1 aliphatic rings. The molecule has 3 aromatic rings. The van der Waals surface area contributed by atoms with Crippen LogP contribution in [0.15, 0.2) is 54.6 Å². The third kappa shape index (κ3) is 2.20. The highest BCUT2D eigenvalue weighted by Crippen LogP contribution is 2.39. The molecule has 24 heavy (non-hydrogen) atoms. The van der Waals surface area contributed by atoms with Crippen LogP contribution >= 0.6 is 0 Å². The number of benzene rings is 3. The molecule has 1 heterocycles. The van der Waals surface area contributed by atoms with Crippen molar-refractivity contribution in [3.63, 3.8) is 0 Å². The van der Waals surface area contributed by atoms with Gasteiger partial charge in [-0.3, -0.25) is 10.1 Å². The molecule has 3 N–H and O–H groups in total. The summed E-state index contributed by atoms with van der Waals surface area (Å²) in [4.78, 5) is 10.9. The SMILES string of the molecule is CNc1ccc(C2Nc3cccc4cccc(c34)N2)cc1[N+](=O)[O-]. The Kier molecular flexibility index (Phi) is 3.23. The minimum Gasteiger partial charge on any atom is -0.383 e. The van der Waals surface area contributed by atoms with Crippen molar-refractivity contribution in [2.24, 2.45) is 0 Å². The third-order valence-electron chi connectivity index (χ3n) is 4.33. The first-order valence-electron chi connectivity index (χ1n) is 7.68. The minimum atomic E-state index is -0.368. The Labute approximate surface area is 138 Å². The Bertz CT molecular complexity index is 914. The van der Waals surface area contributed by atoms with Gasteiger partial charge < -0.3 is 16.0 Å². The second-order valence-electron chi connectivity index (χ2n) is 5.71. The lowest BCUT2D eigenvalue weighted by atomic mass is 10.0. The molecule has 0 aromatic heterocycles. The van der Waals surface area contributed by atoms with Crippen LogP contribution in [0.25, 0.3) is 10.8 Å². The highest BCUT2D eigenvalue weighted by atomic mass is 16.6. The molecule has 0 saturated heterocycles. The van der Waals surface area contributed by atoms with Gasteiger partial charge in [0.15, 0.2) is 0 Å². The Balaban J connectivity index is 1.77. The van der Waals surface area contributed by atoms with Gasteiger partial charge in [-0.25, -0.2) is 0 Å². The van der Waals surface area contributed by atoms with Crippen molar-refractivity contribution in [1.29, 1.82) is 0 Å². The topological polar surface area (TPSA) is 79.2 Å². The van der Waals surface area contributed by atoms with Gasteiger partial charge in [-0.1, -0.05) is 30.3 Å². The van der Waals surface area contributed by atoms with E-state index in [0.29, 0.717) is 5.69 Å². The van der Waals surface area contributed by atoms with Gasteiger partial charge in [0.05, 0.1) is 4.92 Å². The molecular weight excluding hydrogens is 304 g/mol. The average Bonchev–Trinajstić information content (AvgIpc) is 2.61. The minimum absolute atomic E-state index is 0.0654. The summed E-state index contributed by atoms with van der Waals surface area (Å²) in [5, 5.41) is 23.3. The van der Waals surface area contributed by atoms with Gasteiger partial charge in [0.1, 0.15) is 11.9 Å². The number of nitrogens with zero attached hydrogens (tertiary/aromatic N) is 1. The van der Waals surface area contributed by atoms with Crippen molar-refractivity contribution >= 4 is 33.5 Å². The van der Waals surface area contributed by atoms with E-state index in [0.717, 1.165) is 27.7 Å². The van der Waals surface area contributed by atoms with Gasteiger partial charge in [0.2, 0.25) is 0 Å². The van der Waals surface area contributed by atoms with Gasteiger partial charge in [-0.05, 0) is 23.6 Å². The summed E-state index contributed by atoms with van der Waals surface area (Å²) < 4.78 is 0. The molecule has 1 aliphatic heterocycles. The summed E-state index contributed by atoms with van der Waals surface area (Å²) in [5.74, 6) is 0. The van der Waals surface area contributed by atoms with Crippen LogP contribution in [-0.4, -0.2) is 12.0 Å². The van der Waals surface area contributed by atoms with Crippen molar-refractivity contribution in [3.05, 3.63) is 70.3 Å². The van der Waals surface area contributed by atoms with Gasteiger partial charge in [0, 0.05) is 35.4 Å². The summed E-state index contributed by atoms with van der Waals surface area (Å²) in [5.41, 5.74) is 3.42. The molecule has 0 spiro atoms. The molecule has 0 radical (unpaired) electrons. The van der Waals surface area contributed by atoms with E-state index in [9.17, 15) is 10.1 Å². The van der Waals surface area contributed by atoms with Crippen LogP contribution in [0.3, 0.4) is 0 Å². The molecule has 0 bridgehead atoms. The molecule has 3 aromatic carbocycles. The molecule has 0 saturated carbocycles. The molecule has 0 atom stereocenters. The van der Waals surface area contributed by atoms with Crippen LogP contribution in [0.2, 0.25) is 0 Å². The first-order valence-corrected chi connectivity index (χ1v) is 7.68. The summed E-state index contributed by atoms with van der Waals surface area (Å²) in [6.07, 6.45) is -0.227. The molecule has 0 amide bonds. The second-order valence-corrected chi connectivity index (χ2v) is 5.71. The van der Waals surface area contributed by atoms with Crippen LogP contribution in [0.1, 0.15) is 11.7 Å². The molecule has 0 unspecified atom stereocenters. The van der Waals surface area contributed by atoms with Gasteiger partial charge in [0.25, 0.3) is 5.69 Å². The quantitative estimate of drug-likeness (QED) is 0.494. The van der Waals surface area contributed by atoms with Crippen LogP contribution in [0.4, 0.5) is 22.7 Å². The van der Waals surface area contributed by atoms with Crippen molar-refractivity contribution in [2.45, 2.75) is 6.17 Å². The lowest BCUT2D eigenvalue weighted by molar-refractivity contribution is -0.384. The molecule has 6 heteroatoms. The van der Waals surface area contributed by atoms with E-state index in [1.165, 1.54) is 0 Å². The lowest BCUT2D eigenvalue weighted by Crippen LogP contribution is -2.23. The molecular formula is C18H16N4O2. The summed E-state index contributed by atoms with van der Waals surface area (Å²) >= 11 is 0. The third-order valence-corrected chi connectivity index (χ3v) is 4.33. The fraction of sp³-hybridized carbons (Fsp3) is 0.111. The summed E-state index contributed by atoms with van der Waals surface area (Å²) in [6, 6.07) is 17.4. The number of hydrogen-bond acceptors (Lipinski definition) is 5. The van der Waals surface area contributed by atoms with Crippen LogP contribution in [0, 0.1) is 10.1 Å². The highest BCUT2D eigenvalue weighted by molar-refractivity contribution is 6.04. The van der Waals surface area contributed by atoms with E-state index >= 15 is 0 Å². The predicted molar refractivity (Wildman–Crippen MR) is 96.6 cm³/mol. The zero-order valence-electron chi connectivity index (χ0n) is 13.0. The van der Waals surface area contributed by atoms with E-state index in [1.54, 1.807) is 19.2 Å². The highest BCUT2D eigenvalue weighted by Gasteiger charge is 2.23. The van der Waals surface area contributed by atoms with Crippen molar-refractivity contribution in [3.8, 4) is 0 Å². The summed E-state index contributed by atoms with van der Waals surface area (Å²) in [7, 11) is 1.68. The number of rotatable bonds is 3. The van der Waals surface area contributed by atoms with Gasteiger partial charge >= 0.3 is 0 Å². The largest absolute Gasteiger partial charge is 0.383 e. The number of hydrogen-bond donors (Lipinski definition) is 3. The monoisotopic (exact) mass is 320 g/mol. The fourth-order valence-electron chi connectivity index (χ4n) is 3.19. The maximum atomic E-state index is 11.3. The lowest BCUT2D eigenvalue weighted by Gasteiger charge is -2.29. The van der Waals surface area contributed by atoms with Gasteiger partial charge in [-0.15, -0.1) is 0 Å². The van der Waals surface area contributed by atoms with E-state index in [4.69, 9.17) is 0 Å². The second kappa shape index (κ2) is 5.42. The zero-order chi connectivity index (χ0) is 16.7. The Morgan fingerprint density at radius 1 is 1.04 bits per heavy atom. The molecule has 4 rings (SSSR count). The predicted octanol–water partition coefficient (Wildman–Crippen LogP) is 4.33. The van der Waals surface area contributed by atoms with Crippen molar-refractivity contribution < 1.29 is 4.92 Å². The van der Waals surface area contributed by atoms with Crippen LogP contribution in [-0.2, 0) is 0 Å². The molecule has 0 aliphatic carbocycles. The first kappa shape index (κ1) is 14.3. The van der Waals surface area contributed by atoms with E-state index in [2.05, 4.69) is 28.1 Å². The Morgan fingerprint density at radius 2 is 1.71 bits per heavy atom. The number of nitro benzene ring substituents is 1. The fourth-order valence-corrected chi connectivity index (χ4v) is 3.19. The van der Waals surface area contributed by atoms with E-state index < -0.39 is 0 Å². The zero-order valence-corrected chi connectivity index (χ0v) is 13.0. The molecule has 120 valence electrons. The number of anilines is 3. The standard InChI is InChI=1S/C18H16N4O2/c1-19-13-9-8-12(10-16(13)22(23)24)18-20-14-6-2-4-11-5-3-7-15(21-18)17(11)14/h2-10,18-21H,1H3. The molecule has 0 fully saturated rings. The van der Waals surface area contributed by atoms with Crippen LogP contribution < -0.4 is 16.0 Å². The number of nitrogens with one attached hydrogen (secondary N) is 3. The van der Waals surface area contributed by atoms with Crippen LogP contribution in [0.5, 0.6) is 0 Å². The Hall–Kier alpha value is -3.28. The van der Waals surface area contributed by atoms with Crippen molar-refractivity contribution in [1.82, 2.24) is 0 Å². The maximum Gasteiger partial charge on any atom is 0.292 e. The molecule has 6 nitrogen and oxygen atoms in total. The number of nitro groups is 1. The smallest absolute Gasteiger partial charge is 0.292 e. The van der Waals surface area contributed by atoms with Crippen molar-refractivity contribution in [2.75, 3.05) is 23.0 Å². The first-order chi connectivity index (χ1) is 11.7. The summed E-state index contributed by atoms with van der Waals surface area (Å²) in [6.45, 7) is 0. The maximum absolute atomic E-state index is 11.3. The van der Waals surface area contributed by atoms with Gasteiger partial charge in [-0.2, -0.15) is 0 Å². The average molecular weight is 320 g/mol. The van der Waals surface area contributed by atoms with E-state index in [1.807, 2.05) is 30.3 Å². The Morgan fingerprint density at radius 3 is 2.29 bits per heavy atom. The normalized spacial score (nSPS) is 13.2. The van der Waals surface area contributed by atoms with E-state index in [-0.39, 0.29) is 16.8 Å².